The molecule has 0 unspecified atom stereocenters. The molecule has 0 bridgehead atoms. The van der Waals surface area contributed by atoms with E-state index in [1.807, 2.05) is 28.8 Å². The van der Waals surface area contributed by atoms with E-state index in [-0.39, 0.29) is 30.1 Å². The first-order chi connectivity index (χ1) is 19.6. The SMILES string of the molecule is CC(C)(O)COc1ccc2c(C(=O)NC3CC4(C3)CC(Oc3cc(C5CC5)ccc3C(N)=O)C4)cnn2c1C1CC1. The second-order valence-electron chi connectivity index (χ2n) is 13.4. The van der Waals surface area contributed by atoms with Gasteiger partial charge < -0.3 is 25.6 Å². The van der Waals surface area contributed by atoms with Crippen LogP contribution in [0.15, 0.2) is 36.5 Å². The van der Waals surface area contributed by atoms with Crippen molar-refractivity contribution in [2.45, 2.75) is 94.8 Å². The molecule has 4 aliphatic rings. The number of benzene rings is 1. The minimum Gasteiger partial charge on any atom is -0.490 e. The molecule has 216 valence electrons. The van der Waals surface area contributed by atoms with Gasteiger partial charge in [-0.05, 0) is 106 Å². The van der Waals surface area contributed by atoms with Crippen LogP contribution in [-0.2, 0) is 0 Å². The quantitative estimate of drug-likeness (QED) is 0.337. The van der Waals surface area contributed by atoms with Crippen LogP contribution in [-0.4, -0.2) is 50.9 Å². The Morgan fingerprint density at radius 2 is 1.78 bits per heavy atom. The first-order valence-corrected chi connectivity index (χ1v) is 14.8. The fraction of sp³-hybridized carbons (Fsp3) is 0.531. The number of ether oxygens (including phenoxy) is 2. The molecule has 2 amide bonds. The molecular weight excluding hydrogens is 520 g/mol. The molecule has 4 fully saturated rings. The normalized spacial score (nSPS) is 25.4. The number of pyridine rings is 1. The molecule has 9 heteroatoms. The van der Waals surface area contributed by atoms with Gasteiger partial charge in [-0.1, -0.05) is 6.07 Å². The number of hydrogen-bond acceptors (Lipinski definition) is 6. The second-order valence-corrected chi connectivity index (χ2v) is 13.4. The van der Waals surface area contributed by atoms with Gasteiger partial charge in [0.2, 0.25) is 0 Å². The van der Waals surface area contributed by atoms with Crippen molar-refractivity contribution in [1.82, 2.24) is 14.9 Å². The maximum Gasteiger partial charge on any atom is 0.255 e. The van der Waals surface area contributed by atoms with Crippen LogP contribution in [0.4, 0.5) is 0 Å². The van der Waals surface area contributed by atoms with Crippen molar-refractivity contribution in [3.63, 3.8) is 0 Å². The molecule has 1 spiro atoms. The van der Waals surface area contributed by atoms with Gasteiger partial charge in [-0.2, -0.15) is 5.10 Å². The molecule has 4 aliphatic carbocycles. The highest BCUT2D eigenvalue weighted by atomic mass is 16.5. The number of carbonyl (C=O) groups excluding carboxylic acids is 2. The molecule has 4 N–H and O–H groups in total. The van der Waals surface area contributed by atoms with Gasteiger partial charge in [0, 0.05) is 12.0 Å². The minimum absolute atomic E-state index is 0.0625. The Hall–Kier alpha value is -3.59. The third kappa shape index (κ3) is 5.16. The molecule has 2 heterocycles. The highest BCUT2D eigenvalue weighted by molar-refractivity contribution is 6.01. The number of fused-ring (bicyclic) bond motifs is 1. The predicted molar refractivity (Wildman–Crippen MR) is 152 cm³/mol. The first kappa shape index (κ1) is 26.3. The van der Waals surface area contributed by atoms with Crippen LogP contribution in [0.3, 0.4) is 0 Å². The molecule has 4 saturated carbocycles. The predicted octanol–water partition coefficient (Wildman–Crippen LogP) is 4.46. The number of primary amides is 1. The third-order valence-corrected chi connectivity index (χ3v) is 9.10. The minimum atomic E-state index is -0.939. The van der Waals surface area contributed by atoms with E-state index < -0.39 is 11.5 Å². The van der Waals surface area contributed by atoms with Gasteiger partial charge in [0.25, 0.3) is 11.8 Å². The van der Waals surface area contributed by atoms with Gasteiger partial charge in [-0.3, -0.25) is 9.59 Å². The van der Waals surface area contributed by atoms with Crippen molar-refractivity contribution in [3.8, 4) is 11.5 Å². The summed E-state index contributed by atoms with van der Waals surface area (Å²) in [5.74, 6) is 1.67. The third-order valence-electron chi connectivity index (χ3n) is 9.10. The van der Waals surface area contributed by atoms with Crippen molar-refractivity contribution in [1.29, 1.82) is 0 Å². The van der Waals surface area contributed by atoms with E-state index in [9.17, 15) is 14.7 Å². The summed E-state index contributed by atoms with van der Waals surface area (Å²) >= 11 is 0. The van der Waals surface area contributed by atoms with E-state index in [0.717, 1.165) is 49.7 Å². The van der Waals surface area contributed by atoms with Gasteiger partial charge in [-0.25, -0.2) is 4.52 Å². The molecule has 3 aromatic rings. The van der Waals surface area contributed by atoms with E-state index in [4.69, 9.17) is 15.2 Å². The Balaban J connectivity index is 0.969. The van der Waals surface area contributed by atoms with Crippen LogP contribution in [0.2, 0.25) is 0 Å². The highest BCUT2D eigenvalue weighted by Gasteiger charge is 2.54. The summed E-state index contributed by atoms with van der Waals surface area (Å²) in [6, 6.07) is 9.68. The number of amides is 2. The largest absolute Gasteiger partial charge is 0.490 e. The highest BCUT2D eigenvalue weighted by Crippen LogP contribution is 2.57. The summed E-state index contributed by atoms with van der Waals surface area (Å²) in [5.41, 5.74) is 8.82. The lowest BCUT2D eigenvalue weighted by Gasteiger charge is -2.57. The lowest BCUT2D eigenvalue weighted by atomic mass is 9.53. The van der Waals surface area contributed by atoms with E-state index in [1.165, 1.54) is 18.4 Å². The Bertz CT molecular complexity index is 1520. The summed E-state index contributed by atoms with van der Waals surface area (Å²) in [6.45, 7) is 3.61. The van der Waals surface area contributed by atoms with Crippen molar-refractivity contribution in [2.75, 3.05) is 6.61 Å². The van der Waals surface area contributed by atoms with Gasteiger partial charge in [0.05, 0.1) is 40.2 Å². The molecule has 7 rings (SSSR count). The molecule has 0 atom stereocenters. The molecule has 41 heavy (non-hydrogen) atoms. The number of aromatic nitrogens is 2. The Kier molecular flexibility index (Phi) is 6.08. The number of nitrogens with two attached hydrogens (primary N) is 1. The van der Waals surface area contributed by atoms with E-state index in [1.54, 1.807) is 26.1 Å². The van der Waals surface area contributed by atoms with Crippen LogP contribution < -0.4 is 20.5 Å². The number of hydrogen-bond donors (Lipinski definition) is 3. The summed E-state index contributed by atoms with van der Waals surface area (Å²) in [6.07, 6.45) is 9.87. The van der Waals surface area contributed by atoms with Crippen LogP contribution in [0, 0.1) is 5.41 Å². The average molecular weight is 559 g/mol. The van der Waals surface area contributed by atoms with Gasteiger partial charge in [0.15, 0.2) is 0 Å². The molecule has 2 aromatic heterocycles. The van der Waals surface area contributed by atoms with Gasteiger partial charge >= 0.3 is 0 Å². The summed E-state index contributed by atoms with van der Waals surface area (Å²) < 4.78 is 14.1. The zero-order chi connectivity index (χ0) is 28.5. The average Bonchev–Trinajstić information content (AvgIpc) is 3.80. The number of nitrogens with one attached hydrogen (secondary N) is 1. The Morgan fingerprint density at radius 3 is 2.44 bits per heavy atom. The van der Waals surface area contributed by atoms with Crippen molar-refractivity contribution >= 4 is 17.3 Å². The molecular formula is C32H38N4O5. The fourth-order valence-corrected chi connectivity index (χ4v) is 6.70. The van der Waals surface area contributed by atoms with E-state index in [0.29, 0.717) is 34.5 Å². The lowest BCUT2D eigenvalue weighted by Crippen LogP contribution is -2.58. The molecule has 0 aliphatic heterocycles. The van der Waals surface area contributed by atoms with Crippen LogP contribution in [0.5, 0.6) is 11.5 Å². The summed E-state index contributed by atoms with van der Waals surface area (Å²) in [4.78, 5) is 25.2. The molecule has 0 radical (unpaired) electrons. The first-order valence-electron chi connectivity index (χ1n) is 14.8. The second kappa shape index (κ2) is 9.48. The zero-order valence-electron chi connectivity index (χ0n) is 23.7. The van der Waals surface area contributed by atoms with Crippen molar-refractivity contribution in [3.05, 3.63) is 58.9 Å². The molecule has 9 nitrogen and oxygen atoms in total. The molecule has 1 aromatic carbocycles. The fourth-order valence-electron chi connectivity index (χ4n) is 6.70. The maximum absolute atomic E-state index is 13.3. The standard InChI is InChI=1S/C32H38N4O5/c1-31(2,39)17-40-26-10-9-25-24(16-34-36(25)28(26)19-5-6-19)30(38)35-21-12-32(13-21)14-22(15-32)41-27-11-20(18-3-4-18)7-8-23(27)29(33)37/h7-11,16,18-19,21-22,39H,3-6,12-15,17H2,1-2H3,(H2,33,37)(H,35,38). The number of aliphatic hydroxyl groups is 1. The van der Waals surface area contributed by atoms with Gasteiger partial charge in [-0.15, -0.1) is 0 Å². The van der Waals surface area contributed by atoms with Crippen LogP contribution in [0.1, 0.15) is 109 Å². The topological polar surface area (TPSA) is 128 Å². The van der Waals surface area contributed by atoms with Crippen molar-refractivity contribution < 1.29 is 24.2 Å². The van der Waals surface area contributed by atoms with E-state index >= 15 is 0 Å². The maximum atomic E-state index is 13.3. The summed E-state index contributed by atoms with van der Waals surface area (Å²) in [5, 5.41) is 17.9. The van der Waals surface area contributed by atoms with Gasteiger partial charge in [0.1, 0.15) is 18.1 Å². The van der Waals surface area contributed by atoms with E-state index in [2.05, 4.69) is 10.4 Å². The molecule has 0 saturated heterocycles. The number of nitrogens with zero attached hydrogens (tertiary/aromatic N) is 2. The number of rotatable bonds is 10. The monoisotopic (exact) mass is 558 g/mol. The van der Waals surface area contributed by atoms with Crippen LogP contribution >= 0.6 is 0 Å². The smallest absolute Gasteiger partial charge is 0.255 e. The summed E-state index contributed by atoms with van der Waals surface area (Å²) in [7, 11) is 0. The zero-order valence-corrected chi connectivity index (χ0v) is 23.7. The Labute approximate surface area is 239 Å². The number of carbonyl (C=O) groups is 2. The Morgan fingerprint density at radius 1 is 1.05 bits per heavy atom. The lowest BCUT2D eigenvalue weighted by molar-refractivity contribution is -0.0834. The van der Waals surface area contributed by atoms with Crippen molar-refractivity contribution in [2.24, 2.45) is 11.1 Å². The van der Waals surface area contributed by atoms with Crippen LogP contribution in [0.25, 0.3) is 5.52 Å².